The number of phenols is 1. The Kier molecular flexibility index (Phi) is 22.8. The number of carbonyl (C=O) groups excluding carboxylic acids is 2. The molecule has 25 heteroatoms. The molecule has 0 radical (unpaired) electrons. The van der Waals surface area contributed by atoms with E-state index in [1.807, 2.05) is 14.7 Å². The summed E-state index contributed by atoms with van der Waals surface area (Å²) >= 11 is 0. The number of nitrogens with zero attached hydrogens (tertiary/aromatic N) is 13. The summed E-state index contributed by atoms with van der Waals surface area (Å²) in [6.45, 7) is 13.8. The van der Waals surface area contributed by atoms with Crippen molar-refractivity contribution in [1.29, 1.82) is 0 Å². The van der Waals surface area contributed by atoms with Gasteiger partial charge in [0.2, 0.25) is 29.7 Å². The molecule has 2 amide bonds. The molecule has 5 heterocycles. The smallest absolute Gasteiger partial charge is 0.303 e. The average molecular weight is 1040 g/mol. The zero-order chi connectivity index (χ0) is 51.6. The van der Waals surface area contributed by atoms with E-state index in [1.54, 1.807) is 46.2 Å². The van der Waals surface area contributed by atoms with E-state index in [2.05, 4.69) is 59.6 Å². The van der Waals surface area contributed by atoms with Crippen LogP contribution in [0, 0.1) is 24.2 Å². The van der Waals surface area contributed by atoms with Gasteiger partial charge in [-0.1, -0.05) is 56.2 Å². The Morgan fingerprint density at radius 2 is 1.19 bits per heavy atom. The van der Waals surface area contributed by atoms with Crippen LogP contribution in [0.1, 0.15) is 94.5 Å². The minimum Gasteiger partial charge on any atom is -1.00 e. The fourth-order valence-electron chi connectivity index (χ4n) is 8.46. The van der Waals surface area contributed by atoms with E-state index in [0.29, 0.717) is 146 Å². The molecular weight excluding hydrogens is 964 g/mol. The molecule has 4 aromatic rings. The Morgan fingerprint density at radius 3 is 1.68 bits per heavy atom. The van der Waals surface area contributed by atoms with Gasteiger partial charge in [0, 0.05) is 71.7 Å². The Balaban J connectivity index is 0.00000988. The van der Waals surface area contributed by atoms with Crippen molar-refractivity contribution in [3.63, 3.8) is 0 Å². The molecule has 2 aliphatic rings. The number of amides is 2. The van der Waals surface area contributed by atoms with Crippen LogP contribution < -0.4 is 39.0 Å². The number of piperazine rings is 2. The summed E-state index contributed by atoms with van der Waals surface area (Å²) in [5.41, 5.74) is 14.8. The number of ether oxygens (including phenoxy) is 3. The number of aliphatic carboxylic acids is 1. The number of aromatic nitrogens is 9. The molecule has 1 aromatic carbocycles. The summed E-state index contributed by atoms with van der Waals surface area (Å²) in [5.74, 6) is 2.96. The molecule has 6 rings (SSSR count). The number of carboxylic acids is 1. The number of carboxylic acid groups (broad SMARTS) is 1. The number of terminal acetylenes is 1. The number of phenolic OH excluding ortho intramolecular Hbond substituents is 1. The second kappa shape index (κ2) is 28.9. The van der Waals surface area contributed by atoms with Gasteiger partial charge in [0.05, 0.1) is 68.9 Å². The van der Waals surface area contributed by atoms with Gasteiger partial charge in [-0.05, 0) is 48.8 Å². The molecular formula is C48H72ClN16O8-. The van der Waals surface area contributed by atoms with Crippen LogP contribution in [0.25, 0.3) is 0 Å². The third-order valence-electron chi connectivity index (χ3n) is 12.3. The number of benzene rings is 1. The molecule has 4 unspecified atom stereocenters. The van der Waals surface area contributed by atoms with Crippen LogP contribution in [0.5, 0.6) is 5.75 Å². The number of halogens is 1. The van der Waals surface area contributed by atoms with Crippen LogP contribution in [0.3, 0.4) is 0 Å². The van der Waals surface area contributed by atoms with Crippen molar-refractivity contribution in [2.45, 2.75) is 84.0 Å². The first-order chi connectivity index (χ1) is 34.7. The number of nitrogens with two attached hydrogens (primary N) is 2. The highest BCUT2D eigenvalue weighted by Gasteiger charge is 2.34. The standard InChI is InChI=1S/C48H72N16O8.ClH/c1-6-22-70-24-26-72-27-25-71-23-13-51-46-52-47(61-18-14-59(15-19-61)44(68)41(11-12-43(66)67)63-31-39(55-57-63)37(49)28-33(2)3)54-48(53-46)62-20-16-60(17-21-62)45(69)42(30-35-7-9-36(65)10-8-35)64-32-40(56-58-64)38(50)29-34(4)5;/h1,7-10,31-34,37-38,41-42,65H,11-30,49-50H2,2-5H3,(H,66,67)(H,51,52,53,54);1H/p-1. The van der Waals surface area contributed by atoms with Crippen molar-refractivity contribution in [2.24, 2.45) is 23.3 Å². The molecule has 0 aliphatic carbocycles. The Morgan fingerprint density at radius 1 is 0.712 bits per heavy atom. The van der Waals surface area contributed by atoms with Gasteiger partial charge in [0.1, 0.15) is 24.4 Å². The van der Waals surface area contributed by atoms with Crippen LogP contribution in [0.2, 0.25) is 0 Å². The van der Waals surface area contributed by atoms with Crippen LogP contribution in [0.4, 0.5) is 17.8 Å². The molecule has 3 aromatic heterocycles. The normalized spacial score (nSPS) is 15.7. The van der Waals surface area contributed by atoms with E-state index < -0.39 is 18.1 Å². The molecule has 0 spiro atoms. The molecule has 2 fully saturated rings. The number of rotatable bonds is 28. The van der Waals surface area contributed by atoms with Crippen molar-refractivity contribution < 1.29 is 51.2 Å². The van der Waals surface area contributed by atoms with E-state index in [4.69, 9.17) is 47.1 Å². The molecule has 24 nitrogen and oxygen atoms in total. The first kappa shape index (κ1) is 57.7. The van der Waals surface area contributed by atoms with Crippen molar-refractivity contribution in [3.8, 4) is 18.1 Å². The minimum absolute atomic E-state index is 0. The second-order valence-corrected chi connectivity index (χ2v) is 18.8. The SMILES string of the molecule is C#CCOCCOCCOCCNc1nc(N2CCN(C(=O)C(CCC(=O)O)n3cc(C(N)CC(C)C)nn3)CC2)nc(N2CCN(C(=O)C(Cc3ccc(O)cc3)n3cc(C(N)CC(C)C)nn3)CC2)n1.[Cl-]. The maximum Gasteiger partial charge on any atom is 0.303 e. The van der Waals surface area contributed by atoms with Gasteiger partial charge in [-0.25, -0.2) is 9.36 Å². The lowest BCUT2D eigenvalue weighted by molar-refractivity contribution is -0.139. The fourth-order valence-corrected chi connectivity index (χ4v) is 8.46. The van der Waals surface area contributed by atoms with E-state index >= 15 is 0 Å². The van der Waals surface area contributed by atoms with Gasteiger partial charge in [0.25, 0.3) is 0 Å². The molecule has 2 saturated heterocycles. The lowest BCUT2D eigenvalue weighted by atomic mass is 10.0. The number of aromatic hydroxyl groups is 1. The second-order valence-electron chi connectivity index (χ2n) is 18.8. The maximum absolute atomic E-state index is 14.5. The molecule has 4 atom stereocenters. The summed E-state index contributed by atoms with van der Waals surface area (Å²) in [6, 6.07) is 4.48. The average Bonchev–Trinajstić information content (AvgIpc) is 4.07. The lowest BCUT2D eigenvalue weighted by Gasteiger charge is -2.38. The topological polar surface area (TPSA) is 296 Å². The molecule has 400 valence electrons. The first-order valence-electron chi connectivity index (χ1n) is 24.8. The number of hydrogen-bond donors (Lipinski definition) is 5. The number of hydrogen-bond acceptors (Lipinski definition) is 19. The summed E-state index contributed by atoms with van der Waals surface area (Å²) in [4.78, 5) is 62.4. The maximum atomic E-state index is 14.5. The first-order valence-corrected chi connectivity index (χ1v) is 24.8. The van der Waals surface area contributed by atoms with Gasteiger partial charge in [-0.2, -0.15) is 15.0 Å². The third-order valence-corrected chi connectivity index (χ3v) is 12.3. The highest BCUT2D eigenvalue weighted by molar-refractivity contribution is 5.82. The number of anilines is 3. The van der Waals surface area contributed by atoms with Crippen molar-refractivity contribution in [3.05, 3.63) is 53.6 Å². The summed E-state index contributed by atoms with van der Waals surface area (Å²) in [6.07, 6.45) is 10.1. The molecule has 0 saturated carbocycles. The van der Waals surface area contributed by atoms with Gasteiger partial charge in [-0.3, -0.25) is 14.4 Å². The number of nitrogens with one attached hydrogen (secondary N) is 1. The highest BCUT2D eigenvalue weighted by Crippen LogP contribution is 2.26. The predicted molar refractivity (Wildman–Crippen MR) is 267 cm³/mol. The Bertz CT molecular complexity index is 2370. The fraction of sp³-hybridized carbons (Fsp3) is 0.625. The monoisotopic (exact) mass is 1040 g/mol. The third kappa shape index (κ3) is 17.5. The summed E-state index contributed by atoms with van der Waals surface area (Å²) in [5, 5.41) is 40.0. The van der Waals surface area contributed by atoms with Crippen molar-refractivity contribution >= 4 is 35.6 Å². The van der Waals surface area contributed by atoms with E-state index in [-0.39, 0.29) is 61.5 Å². The van der Waals surface area contributed by atoms with E-state index in [0.717, 1.165) is 12.0 Å². The van der Waals surface area contributed by atoms with Crippen LogP contribution in [0.15, 0.2) is 36.7 Å². The summed E-state index contributed by atoms with van der Waals surface area (Å²) in [7, 11) is 0. The minimum atomic E-state index is -1.02. The van der Waals surface area contributed by atoms with E-state index in [1.165, 1.54) is 4.68 Å². The molecule has 0 bridgehead atoms. The van der Waals surface area contributed by atoms with Gasteiger partial charge < -0.3 is 73.2 Å². The lowest BCUT2D eigenvalue weighted by Crippen LogP contribution is -3.00. The molecule has 7 N–H and O–H groups in total. The summed E-state index contributed by atoms with van der Waals surface area (Å²) < 4.78 is 19.6. The quantitative estimate of drug-likeness (QED) is 0.0331. The van der Waals surface area contributed by atoms with Crippen LogP contribution >= 0.6 is 0 Å². The predicted octanol–water partition coefficient (Wildman–Crippen LogP) is -1.16. The van der Waals surface area contributed by atoms with Gasteiger partial charge in [-0.15, -0.1) is 16.6 Å². The van der Waals surface area contributed by atoms with E-state index in [9.17, 15) is 24.6 Å². The largest absolute Gasteiger partial charge is 1.00 e. The number of carbonyl (C=O) groups is 3. The molecule has 73 heavy (non-hydrogen) atoms. The zero-order valence-corrected chi connectivity index (χ0v) is 43.1. The zero-order valence-electron chi connectivity index (χ0n) is 42.3. The van der Waals surface area contributed by atoms with Crippen molar-refractivity contribution in [1.82, 2.24) is 54.7 Å². The Labute approximate surface area is 432 Å². The van der Waals surface area contributed by atoms with Crippen LogP contribution in [-0.2, 0) is 35.0 Å². The highest BCUT2D eigenvalue weighted by atomic mass is 35.5. The van der Waals surface area contributed by atoms with Crippen LogP contribution in [-0.4, -0.2) is 181 Å². The van der Waals surface area contributed by atoms with Gasteiger partial charge in [0.15, 0.2) is 0 Å². The Hall–Kier alpha value is -6.23. The molecule has 2 aliphatic heterocycles. The van der Waals surface area contributed by atoms with Crippen molar-refractivity contribution in [2.75, 3.05) is 114 Å². The van der Waals surface area contributed by atoms with Gasteiger partial charge >= 0.3 is 5.97 Å².